The Bertz CT molecular complexity index is 972. The molecule has 5 N–H and O–H groups in total. The van der Waals surface area contributed by atoms with Crippen molar-refractivity contribution >= 4 is 41.1 Å². The van der Waals surface area contributed by atoms with Gasteiger partial charge in [-0.05, 0) is 31.5 Å². The highest BCUT2D eigenvalue weighted by Crippen LogP contribution is 2.11. The number of carbonyl (C=O) groups is 6. The minimum Gasteiger partial charge on any atom is -0.377 e. The first-order chi connectivity index (χ1) is 16.1. The lowest BCUT2D eigenvalue weighted by Crippen LogP contribution is -2.53. The minimum atomic E-state index is -1.29. The van der Waals surface area contributed by atoms with E-state index in [-0.39, 0.29) is 0 Å². The SMILES string of the molecule is CCOCc1ccc(NC(=O)[C@H](CC(N)=O)NC(=O)[C@H](C)NC(=O)CN2C(=O)C=CC2=O)cc1. The average molecular weight is 473 g/mol. The summed E-state index contributed by atoms with van der Waals surface area (Å²) >= 11 is 0. The summed E-state index contributed by atoms with van der Waals surface area (Å²) in [6.07, 6.45) is 1.60. The molecule has 1 aromatic carbocycles. The molecular formula is C22H27N5O7. The number of anilines is 1. The zero-order chi connectivity index (χ0) is 25.3. The van der Waals surface area contributed by atoms with Crippen molar-refractivity contribution in [2.45, 2.75) is 39.0 Å². The maximum Gasteiger partial charge on any atom is 0.254 e. The van der Waals surface area contributed by atoms with Crippen molar-refractivity contribution in [1.29, 1.82) is 0 Å². The number of nitrogens with zero attached hydrogens (tertiary/aromatic N) is 1. The first-order valence-electron chi connectivity index (χ1n) is 10.5. The van der Waals surface area contributed by atoms with E-state index >= 15 is 0 Å². The van der Waals surface area contributed by atoms with Crippen LogP contribution in [0.2, 0.25) is 0 Å². The van der Waals surface area contributed by atoms with E-state index in [0.717, 1.165) is 17.7 Å². The van der Waals surface area contributed by atoms with E-state index in [1.165, 1.54) is 6.92 Å². The van der Waals surface area contributed by atoms with E-state index in [4.69, 9.17) is 10.5 Å². The zero-order valence-electron chi connectivity index (χ0n) is 18.8. The molecule has 0 aromatic heterocycles. The number of nitrogens with one attached hydrogen (secondary N) is 3. The van der Waals surface area contributed by atoms with Gasteiger partial charge in [-0.1, -0.05) is 12.1 Å². The molecule has 0 bridgehead atoms. The Kier molecular flexibility index (Phi) is 9.44. The molecular weight excluding hydrogens is 446 g/mol. The van der Waals surface area contributed by atoms with Gasteiger partial charge in [0.1, 0.15) is 18.6 Å². The van der Waals surface area contributed by atoms with Crippen LogP contribution < -0.4 is 21.7 Å². The van der Waals surface area contributed by atoms with Crippen LogP contribution in [-0.4, -0.2) is 65.6 Å². The quantitative estimate of drug-likeness (QED) is 0.280. The van der Waals surface area contributed by atoms with Gasteiger partial charge in [0.25, 0.3) is 11.8 Å². The van der Waals surface area contributed by atoms with Gasteiger partial charge in [0.2, 0.25) is 23.6 Å². The van der Waals surface area contributed by atoms with Crippen molar-refractivity contribution in [3.8, 4) is 0 Å². The monoisotopic (exact) mass is 473 g/mol. The molecule has 0 spiro atoms. The first-order valence-corrected chi connectivity index (χ1v) is 10.5. The van der Waals surface area contributed by atoms with E-state index in [2.05, 4.69) is 16.0 Å². The van der Waals surface area contributed by atoms with Crippen molar-refractivity contribution in [1.82, 2.24) is 15.5 Å². The molecule has 0 aliphatic carbocycles. The number of benzene rings is 1. The van der Waals surface area contributed by atoms with E-state index in [1.54, 1.807) is 24.3 Å². The second-order valence-corrected chi connectivity index (χ2v) is 7.44. The van der Waals surface area contributed by atoms with Crippen LogP contribution in [0.25, 0.3) is 0 Å². The third-order valence-electron chi connectivity index (χ3n) is 4.71. The maximum atomic E-state index is 12.7. The summed E-state index contributed by atoms with van der Waals surface area (Å²) in [4.78, 5) is 72.5. The third-order valence-corrected chi connectivity index (χ3v) is 4.71. The lowest BCUT2D eigenvalue weighted by Gasteiger charge is -2.21. The molecule has 2 rings (SSSR count). The molecule has 1 aliphatic rings. The number of ether oxygens (including phenoxy) is 1. The highest BCUT2D eigenvalue weighted by atomic mass is 16.5. The van der Waals surface area contributed by atoms with Gasteiger partial charge >= 0.3 is 0 Å². The standard InChI is InChI=1S/C22H27N5O7/c1-3-34-12-14-4-6-15(7-5-14)25-22(33)16(10-17(23)28)26-21(32)13(2)24-18(29)11-27-19(30)8-9-20(27)31/h4-9,13,16H,3,10-12H2,1-2H3,(H2,23,28)(H,24,29)(H,25,33)(H,26,32)/t13-,16-/m0/s1. The Labute approximate surface area is 195 Å². The Morgan fingerprint density at radius 1 is 1.00 bits per heavy atom. The lowest BCUT2D eigenvalue weighted by molar-refractivity contribution is -0.141. The Balaban J connectivity index is 1.94. The maximum absolute atomic E-state index is 12.7. The fourth-order valence-electron chi connectivity index (χ4n) is 2.92. The third kappa shape index (κ3) is 7.81. The van der Waals surface area contributed by atoms with Crippen LogP contribution in [-0.2, 0) is 40.1 Å². The Morgan fingerprint density at radius 3 is 2.18 bits per heavy atom. The summed E-state index contributed by atoms with van der Waals surface area (Å²) in [7, 11) is 0. The number of hydrogen-bond donors (Lipinski definition) is 4. The normalized spacial score (nSPS) is 14.5. The van der Waals surface area contributed by atoms with Gasteiger partial charge in [0.15, 0.2) is 0 Å². The van der Waals surface area contributed by atoms with Crippen molar-refractivity contribution in [3.63, 3.8) is 0 Å². The lowest BCUT2D eigenvalue weighted by atomic mass is 10.1. The number of primary amides is 1. The number of amides is 6. The number of nitrogens with two attached hydrogens (primary N) is 1. The van der Waals surface area contributed by atoms with E-state index in [1.807, 2.05) is 6.92 Å². The molecule has 0 unspecified atom stereocenters. The molecule has 0 fully saturated rings. The van der Waals surface area contributed by atoms with Crippen LogP contribution >= 0.6 is 0 Å². The van der Waals surface area contributed by atoms with Crippen LogP contribution in [0.5, 0.6) is 0 Å². The highest BCUT2D eigenvalue weighted by molar-refractivity contribution is 6.14. The molecule has 6 amide bonds. The zero-order valence-corrected chi connectivity index (χ0v) is 18.8. The molecule has 1 aliphatic heterocycles. The summed E-state index contributed by atoms with van der Waals surface area (Å²) in [5.41, 5.74) is 6.55. The number of imide groups is 1. The molecule has 12 nitrogen and oxygen atoms in total. The van der Waals surface area contributed by atoms with Crippen LogP contribution in [0.3, 0.4) is 0 Å². The van der Waals surface area contributed by atoms with Crippen molar-refractivity contribution in [3.05, 3.63) is 42.0 Å². The van der Waals surface area contributed by atoms with Gasteiger partial charge in [0.05, 0.1) is 13.0 Å². The van der Waals surface area contributed by atoms with E-state index in [9.17, 15) is 28.8 Å². The second kappa shape index (κ2) is 12.3. The average Bonchev–Trinajstić information content (AvgIpc) is 3.09. The highest BCUT2D eigenvalue weighted by Gasteiger charge is 2.29. The molecule has 182 valence electrons. The summed E-state index contributed by atoms with van der Waals surface area (Å²) in [6, 6.07) is 4.39. The van der Waals surface area contributed by atoms with Gasteiger partial charge in [0, 0.05) is 24.4 Å². The summed E-state index contributed by atoms with van der Waals surface area (Å²) in [6.45, 7) is 3.64. The topological polar surface area (TPSA) is 177 Å². The molecule has 34 heavy (non-hydrogen) atoms. The number of rotatable bonds is 12. The predicted molar refractivity (Wildman–Crippen MR) is 120 cm³/mol. The van der Waals surface area contributed by atoms with Gasteiger partial charge < -0.3 is 26.4 Å². The van der Waals surface area contributed by atoms with Crippen LogP contribution in [0.1, 0.15) is 25.8 Å². The Morgan fingerprint density at radius 2 is 1.62 bits per heavy atom. The van der Waals surface area contributed by atoms with Crippen LogP contribution in [0.15, 0.2) is 36.4 Å². The molecule has 1 aromatic rings. The number of carbonyl (C=O) groups excluding carboxylic acids is 6. The largest absolute Gasteiger partial charge is 0.377 e. The fourth-order valence-corrected chi connectivity index (χ4v) is 2.92. The first kappa shape index (κ1) is 26.2. The summed E-state index contributed by atoms with van der Waals surface area (Å²) in [5, 5.41) is 7.31. The van der Waals surface area contributed by atoms with Gasteiger partial charge in [-0.2, -0.15) is 0 Å². The van der Waals surface area contributed by atoms with E-state index < -0.39 is 60.5 Å². The van der Waals surface area contributed by atoms with Crippen molar-refractivity contribution in [2.75, 3.05) is 18.5 Å². The van der Waals surface area contributed by atoms with Crippen LogP contribution in [0.4, 0.5) is 5.69 Å². The summed E-state index contributed by atoms with van der Waals surface area (Å²) in [5.74, 6) is -4.29. The van der Waals surface area contributed by atoms with Crippen molar-refractivity contribution < 1.29 is 33.5 Å². The van der Waals surface area contributed by atoms with Crippen LogP contribution in [0, 0.1) is 0 Å². The minimum absolute atomic E-state index is 0.422. The predicted octanol–water partition coefficient (Wildman–Crippen LogP) is -1.05. The van der Waals surface area contributed by atoms with Gasteiger partial charge in [-0.15, -0.1) is 0 Å². The smallest absolute Gasteiger partial charge is 0.254 e. The molecule has 2 atom stereocenters. The second-order valence-electron chi connectivity index (χ2n) is 7.44. The molecule has 1 heterocycles. The molecule has 12 heteroatoms. The summed E-state index contributed by atoms with van der Waals surface area (Å²) < 4.78 is 5.31. The van der Waals surface area contributed by atoms with Gasteiger partial charge in [-0.3, -0.25) is 33.7 Å². The van der Waals surface area contributed by atoms with Crippen molar-refractivity contribution in [2.24, 2.45) is 5.73 Å². The Hall–Kier alpha value is -4.06. The van der Waals surface area contributed by atoms with E-state index in [0.29, 0.717) is 23.8 Å². The fraction of sp³-hybridized carbons (Fsp3) is 0.364. The van der Waals surface area contributed by atoms with Gasteiger partial charge in [-0.25, -0.2) is 0 Å². The molecule has 0 saturated heterocycles. The molecule has 0 radical (unpaired) electrons. The number of hydrogen-bond acceptors (Lipinski definition) is 7. The molecule has 0 saturated carbocycles.